The minimum atomic E-state index is 0.455. The highest BCUT2D eigenvalue weighted by Crippen LogP contribution is 2.32. The molecule has 0 saturated carbocycles. The maximum absolute atomic E-state index is 10.6. The second-order valence-electron chi connectivity index (χ2n) is 5.60. The molecule has 6 nitrogen and oxygen atoms in total. The molecule has 26 heavy (non-hydrogen) atoms. The van der Waals surface area contributed by atoms with Gasteiger partial charge in [-0.25, -0.2) is 0 Å². The molecule has 0 saturated heterocycles. The van der Waals surface area contributed by atoms with Crippen molar-refractivity contribution in [2.75, 3.05) is 36.6 Å². The lowest BCUT2D eigenvalue weighted by atomic mass is 10.1. The van der Waals surface area contributed by atoms with Gasteiger partial charge in [0.15, 0.2) is 0 Å². The van der Waals surface area contributed by atoms with Gasteiger partial charge in [0.1, 0.15) is 6.29 Å². The largest absolute Gasteiger partial charge is 0.393 e. The molecule has 0 atom stereocenters. The van der Waals surface area contributed by atoms with E-state index in [9.17, 15) is 4.79 Å². The lowest BCUT2D eigenvalue weighted by Crippen LogP contribution is -2.07. The molecule has 2 aromatic carbocycles. The van der Waals surface area contributed by atoms with E-state index in [0.717, 1.165) is 40.2 Å². The quantitative estimate of drug-likeness (QED) is 0.256. The summed E-state index contributed by atoms with van der Waals surface area (Å²) in [5.41, 5.74) is 5.53. The molecule has 0 unspecified atom stereocenters. The van der Waals surface area contributed by atoms with E-state index in [-0.39, 0.29) is 0 Å². The highest BCUT2D eigenvalue weighted by Gasteiger charge is 2.08. The van der Waals surface area contributed by atoms with Crippen molar-refractivity contribution < 1.29 is 4.79 Å². The molecule has 0 spiro atoms. The van der Waals surface area contributed by atoms with Crippen molar-refractivity contribution in [2.45, 2.75) is 6.42 Å². The van der Waals surface area contributed by atoms with E-state index in [0.29, 0.717) is 13.0 Å². The molecule has 0 amide bonds. The van der Waals surface area contributed by atoms with Crippen LogP contribution in [0, 0.1) is 5.41 Å². The summed E-state index contributed by atoms with van der Waals surface area (Å²) in [5.74, 6) is 0. The van der Waals surface area contributed by atoms with Gasteiger partial charge in [-0.05, 0) is 29.8 Å². The van der Waals surface area contributed by atoms with Crippen LogP contribution >= 0.6 is 0 Å². The smallest absolute Gasteiger partial charge is 0.121 e. The summed E-state index contributed by atoms with van der Waals surface area (Å²) in [4.78, 5) is 10.6. The number of carbonyl (C=O) groups excluding carboxylic acids is 1. The molecule has 0 aliphatic rings. The summed E-state index contributed by atoms with van der Waals surface area (Å²) in [6, 6.07) is 13.8. The monoisotopic (exact) mass is 351 g/mol. The van der Waals surface area contributed by atoms with Gasteiger partial charge in [0, 0.05) is 50.7 Å². The summed E-state index contributed by atoms with van der Waals surface area (Å²) in [7, 11) is 3.68. The van der Waals surface area contributed by atoms with Crippen LogP contribution in [0.4, 0.5) is 22.7 Å². The maximum atomic E-state index is 10.6. The fourth-order valence-corrected chi connectivity index (χ4v) is 2.58. The first-order valence-electron chi connectivity index (χ1n) is 8.47. The van der Waals surface area contributed by atoms with Crippen LogP contribution in [0.2, 0.25) is 0 Å². The van der Waals surface area contributed by atoms with E-state index in [1.165, 1.54) is 6.21 Å². The predicted octanol–water partition coefficient (Wildman–Crippen LogP) is 3.68. The fourth-order valence-electron chi connectivity index (χ4n) is 2.58. The third-order valence-corrected chi connectivity index (χ3v) is 3.85. The van der Waals surface area contributed by atoms with E-state index in [1.807, 2.05) is 56.6 Å². The molecule has 0 heterocycles. The Bertz CT molecular complexity index is 768. The van der Waals surface area contributed by atoms with Crippen molar-refractivity contribution in [1.82, 2.24) is 5.32 Å². The number of rotatable bonds is 10. The van der Waals surface area contributed by atoms with Crippen LogP contribution in [-0.4, -0.2) is 33.1 Å². The Morgan fingerprint density at radius 2 is 1.81 bits per heavy atom. The van der Waals surface area contributed by atoms with Crippen LogP contribution in [-0.2, 0) is 4.79 Å². The second kappa shape index (κ2) is 9.88. The second-order valence-corrected chi connectivity index (χ2v) is 5.60. The number of carbonyl (C=O) groups is 1. The summed E-state index contributed by atoms with van der Waals surface area (Å²) in [5, 5.41) is 20.3. The highest BCUT2D eigenvalue weighted by atomic mass is 16.1. The Labute approximate surface area is 154 Å². The molecule has 6 heteroatoms. The number of nitrogens with one attached hydrogen (secondary N) is 5. The van der Waals surface area contributed by atoms with E-state index in [4.69, 9.17) is 5.41 Å². The van der Waals surface area contributed by atoms with Crippen molar-refractivity contribution in [2.24, 2.45) is 0 Å². The van der Waals surface area contributed by atoms with Crippen molar-refractivity contribution >= 4 is 40.8 Å². The molecule has 0 radical (unpaired) electrons. The molecule has 5 N–H and O–H groups in total. The van der Waals surface area contributed by atoms with Gasteiger partial charge in [-0.2, -0.15) is 0 Å². The average Bonchev–Trinajstić information content (AvgIpc) is 2.68. The molecule has 0 bridgehead atoms. The third kappa shape index (κ3) is 4.86. The van der Waals surface area contributed by atoms with Crippen LogP contribution in [0.5, 0.6) is 0 Å². The maximum Gasteiger partial charge on any atom is 0.121 e. The van der Waals surface area contributed by atoms with Crippen LogP contribution in [0.15, 0.2) is 48.7 Å². The van der Waals surface area contributed by atoms with Gasteiger partial charge in [-0.1, -0.05) is 18.2 Å². The zero-order valence-corrected chi connectivity index (χ0v) is 15.1. The Balaban J connectivity index is 2.23. The number of allylic oxidation sites excluding steroid dienone is 1. The number of aldehydes is 1. The molecular formula is C20H25N5O. The number of anilines is 4. The summed E-state index contributed by atoms with van der Waals surface area (Å²) in [6.45, 7) is 0.577. The van der Waals surface area contributed by atoms with Gasteiger partial charge in [-0.15, -0.1) is 0 Å². The Morgan fingerprint density at radius 3 is 2.42 bits per heavy atom. The number of hydrogen-bond donors (Lipinski definition) is 5. The van der Waals surface area contributed by atoms with Crippen molar-refractivity contribution in [3.63, 3.8) is 0 Å². The molecule has 0 aliphatic carbocycles. The SMILES string of the molecule is CN/C=C(\C=N)c1ccc(Nc2cccc(NC)c2NCCC=O)cc1. The van der Waals surface area contributed by atoms with Crippen molar-refractivity contribution in [1.29, 1.82) is 5.41 Å². The molecular weight excluding hydrogens is 326 g/mol. The minimum absolute atomic E-state index is 0.455. The van der Waals surface area contributed by atoms with Gasteiger partial charge in [-0.3, -0.25) is 0 Å². The van der Waals surface area contributed by atoms with E-state index in [2.05, 4.69) is 21.3 Å². The van der Waals surface area contributed by atoms with E-state index in [1.54, 1.807) is 6.20 Å². The molecule has 2 rings (SSSR count). The molecule has 2 aromatic rings. The predicted molar refractivity (Wildman–Crippen MR) is 111 cm³/mol. The fraction of sp³-hybridized carbons (Fsp3) is 0.200. The zero-order valence-electron chi connectivity index (χ0n) is 15.1. The molecule has 0 fully saturated rings. The first kappa shape index (κ1) is 19.1. The third-order valence-electron chi connectivity index (χ3n) is 3.85. The van der Waals surface area contributed by atoms with E-state index >= 15 is 0 Å². The lowest BCUT2D eigenvalue weighted by Gasteiger charge is -2.17. The van der Waals surface area contributed by atoms with E-state index < -0.39 is 0 Å². The number of benzene rings is 2. The van der Waals surface area contributed by atoms with Gasteiger partial charge in [0.05, 0.1) is 17.1 Å². The van der Waals surface area contributed by atoms with Gasteiger partial charge in [0.25, 0.3) is 0 Å². The van der Waals surface area contributed by atoms with Crippen LogP contribution in [0.1, 0.15) is 12.0 Å². The first-order valence-corrected chi connectivity index (χ1v) is 8.47. The zero-order chi connectivity index (χ0) is 18.8. The van der Waals surface area contributed by atoms with Crippen LogP contribution in [0.3, 0.4) is 0 Å². The Kier molecular flexibility index (Phi) is 7.24. The van der Waals surface area contributed by atoms with Gasteiger partial charge < -0.3 is 31.5 Å². The van der Waals surface area contributed by atoms with Crippen molar-refractivity contribution in [3.8, 4) is 0 Å². The van der Waals surface area contributed by atoms with Crippen molar-refractivity contribution in [3.05, 3.63) is 54.2 Å². The number of hydrogen-bond acceptors (Lipinski definition) is 6. The summed E-state index contributed by atoms with van der Waals surface area (Å²) < 4.78 is 0. The molecule has 0 aromatic heterocycles. The summed E-state index contributed by atoms with van der Waals surface area (Å²) in [6.07, 6.45) is 4.47. The highest BCUT2D eigenvalue weighted by molar-refractivity contribution is 6.08. The Hall–Kier alpha value is -3.28. The van der Waals surface area contributed by atoms with Crippen LogP contribution in [0.25, 0.3) is 5.57 Å². The Morgan fingerprint density at radius 1 is 1.08 bits per heavy atom. The van der Waals surface area contributed by atoms with Gasteiger partial charge in [0.2, 0.25) is 0 Å². The molecule has 0 aliphatic heterocycles. The van der Waals surface area contributed by atoms with Gasteiger partial charge >= 0.3 is 0 Å². The normalized spacial score (nSPS) is 10.8. The summed E-state index contributed by atoms with van der Waals surface area (Å²) >= 11 is 0. The standard InChI is InChI=1S/C20H25N5O/c1-22-14-16(13-21)15-7-9-17(10-8-15)25-19-6-3-5-18(23-2)20(19)24-11-4-12-26/h3,5-10,12-14,21-25H,4,11H2,1-2H3/b16-14+,21-13?. The van der Waals surface area contributed by atoms with Crippen LogP contribution < -0.4 is 21.3 Å². The topological polar surface area (TPSA) is 89.0 Å². The average molecular weight is 351 g/mol. The number of para-hydroxylation sites is 1. The lowest BCUT2D eigenvalue weighted by molar-refractivity contribution is -0.107. The minimum Gasteiger partial charge on any atom is -0.393 e. The molecule has 136 valence electrons. The first-order chi connectivity index (χ1) is 12.7.